The Morgan fingerprint density at radius 3 is 2.61 bits per heavy atom. The Morgan fingerprint density at radius 2 is 1.91 bits per heavy atom. The average molecular weight is 469 g/mol. The third-order valence-corrected chi connectivity index (χ3v) is 7.17. The molecule has 8 nitrogen and oxygen atoms in total. The lowest BCUT2D eigenvalue weighted by Gasteiger charge is -2.39. The van der Waals surface area contributed by atoms with Crippen LogP contribution in [0.2, 0.25) is 0 Å². The summed E-state index contributed by atoms with van der Waals surface area (Å²) >= 11 is 1.48. The summed E-state index contributed by atoms with van der Waals surface area (Å²) in [5, 5.41) is 3.40. The van der Waals surface area contributed by atoms with Crippen molar-refractivity contribution in [2.75, 3.05) is 39.0 Å². The summed E-state index contributed by atoms with van der Waals surface area (Å²) in [6.07, 6.45) is 10.7. The molecule has 2 saturated heterocycles. The monoisotopic (exact) mass is 468 g/mol. The van der Waals surface area contributed by atoms with Crippen LogP contribution in [0, 0.1) is 5.41 Å². The summed E-state index contributed by atoms with van der Waals surface area (Å²) in [7, 11) is 0. The number of rotatable bonds is 6. The highest BCUT2D eigenvalue weighted by Crippen LogP contribution is 2.40. The van der Waals surface area contributed by atoms with Crippen LogP contribution in [-0.4, -0.2) is 71.5 Å². The molecule has 0 aliphatic carbocycles. The molecule has 0 saturated carbocycles. The Bertz CT molecular complexity index is 1030. The fourth-order valence-corrected chi connectivity index (χ4v) is 5.05. The SMILES string of the molecule is CSc1ncccc1C(=O)N1CCC2(CCN(C(=O)CNC(=O)/C=C\c3ccco3)C2)CC1. The van der Waals surface area contributed by atoms with Gasteiger partial charge in [0, 0.05) is 38.5 Å². The Balaban J connectivity index is 1.25. The van der Waals surface area contributed by atoms with E-state index in [9.17, 15) is 14.4 Å². The van der Waals surface area contributed by atoms with E-state index in [4.69, 9.17) is 4.42 Å². The highest BCUT2D eigenvalue weighted by atomic mass is 32.2. The molecule has 0 aromatic carbocycles. The van der Waals surface area contributed by atoms with Crippen molar-refractivity contribution in [2.24, 2.45) is 5.41 Å². The molecule has 1 spiro atoms. The van der Waals surface area contributed by atoms with Crippen LogP contribution in [0.1, 0.15) is 35.4 Å². The molecule has 0 radical (unpaired) electrons. The van der Waals surface area contributed by atoms with Crippen molar-refractivity contribution in [1.29, 1.82) is 0 Å². The highest BCUT2D eigenvalue weighted by Gasteiger charge is 2.42. The van der Waals surface area contributed by atoms with Gasteiger partial charge in [-0.05, 0) is 61.3 Å². The van der Waals surface area contributed by atoms with Crippen molar-refractivity contribution < 1.29 is 18.8 Å². The van der Waals surface area contributed by atoms with Gasteiger partial charge in [0.2, 0.25) is 11.8 Å². The highest BCUT2D eigenvalue weighted by molar-refractivity contribution is 7.98. The van der Waals surface area contributed by atoms with Crippen LogP contribution >= 0.6 is 11.8 Å². The molecular weight excluding hydrogens is 440 g/mol. The number of nitrogens with one attached hydrogen (secondary N) is 1. The summed E-state index contributed by atoms with van der Waals surface area (Å²) in [5.41, 5.74) is 0.702. The fraction of sp³-hybridized carbons (Fsp3) is 0.417. The van der Waals surface area contributed by atoms with Crippen molar-refractivity contribution in [3.8, 4) is 0 Å². The van der Waals surface area contributed by atoms with Crippen LogP contribution in [0.25, 0.3) is 6.08 Å². The van der Waals surface area contributed by atoms with Gasteiger partial charge in [0.05, 0.1) is 18.4 Å². The van der Waals surface area contributed by atoms with Gasteiger partial charge in [-0.3, -0.25) is 14.4 Å². The maximum atomic E-state index is 13.0. The summed E-state index contributed by atoms with van der Waals surface area (Å²) in [5.74, 6) is 0.195. The van der Waals surface area contributed by atoms with E-state index in [-0.39, 0.29) is 29.7 Å². The Labute approximate surface area is 197 Å². The molecule has 1 N–H and O–H groups in total. The lowest BCUT2D eigenvalue weighted by molar-refractivity contribution is -0.131. The first-order valence-electron chi connectivity index (χ1n) is 11.1. The molecule has 2 fully saturated rings. The van der Waals surface area contributed by atoms with Crippen LogP contribution < -0.4 is 5.32 Å². The van der Waals surface area contributed by atoms with Gasteiger partial charge in [0.15, 0.2) is 0 Å². The second-order valence-electron chi connectivity index (χ2n) is 8.48. The van der Waals surface area contributed by atoms with Gasteiger partial charge in [0.1, 0.15) is 10.8 Å². The van der Waals surface area contributed by atoms with Crippen LogP contribution in [0.3, 0.4) is 0 Å². The maximum absolute atomic E-state index is 13.0. The zero-order valence-corrected chi connectivity index (χ0v) is 19.5. The lowest BCUT2D eigenvalue weighted by atomic mass is 9.77. The number of hydrogen-bond acceptors (Lipinski definition) is 6. The standard InChI is InChI=1S/C24H28N4O4S/c1-33-22-19(5-2-11-25-22)23(31)27-12-8-24(9-13-27)10-14-28(17-24)21(30)16-26-20(29)7-6-18-4-3-15-32-18/h2-7,11,15H,8-10,12-14,16-17H2,1H3,(H,26,29)/b7-6-. The molecule has 0 unspecified atom stereocenters. The Morgan fingerprint density at radius 1 is 1.15 bits per heavy atom. The quantitative estimate of drug-likeness (QED) is 0.517. The van der Waals surface area contributed by atoms with Crippen molar-refractivity contribution >= 4 is 35.6 Å². The van der Waals surface area contributed by atoms with E-state index in [1.807, 2.05) is 22.1 Å². The van der Waals surface area contributed by atoms with E-state index in [0.29, 0.717) is 37.5 Å². The number of thioether (sulfide) groups is 1. The smallest absolute Gasteiger partial charge is 0.256 e. The minimum Gasteiger partial charge on any atom is -0.465 e. The van der Waals surface area contributed by atoms with Crippen LogP contribution in [-0.2, 0) is 9.59 Å². The molecule has 2 aliphatic heterocycles. The van der Waals surface area contributed by atoms with E-state index in [1.54, 1.807) is 30.5 Å². The van der Waals surface area contributed by atoms with E-state index >= 15 is 0 Å². The second kappa shape index (κ2) is 10.2. The minimum absolute atomic E-state index is 0.0264. The molecule has 4 rings (SSSR count). The van der Waals surface area contributed by atoms with E-state index in [0.717, 1.165) is 24.3 Å². The van der Waals surface area contributed by atoms with Crippen molar-refractivity contribution in [3.05, 3.63) is 54.1 Å². The number of piperidine rings is 1. The van der Waals surface area contributed by atoms with Gasteiger partial charge in [-0.2, -0.15) is 0 Å². The first-order valence-corrected chi connectivity index (χ1v) is 12.3. The van der Waals surface area contributed by atoms with Crippen LogP contribution in [0.15, 0.2) is 52.2 Å². The number of pyridine rings is 1. The number of carbonyl (C=O) groups excluding carboxylic acids is 3. The lowest BCUT2D eigenvalue weighted by Crippen LogP contribution is -2.45. The van der Waals surface area contributed by atoms with Crippen LogP contribution in [0.5, 0.6) is 0 Å². The van der Waals surface area contributed by atoms with Gasteiger partial charge in [0.25, 0.3) is 5.91 Å². The number of hydrogen-bond donors (Lipinski definition) is 1. The van der Waals surface area contributed by atoms with E-state index in [1.165, 1.54) is 24.1 Å². The first-order chi connectivity index (χ1) is 16.0. The molecular formula is C24H28N4O4S. The third-order valence-electron chi connectivity index (χ3n) is 6.45. The third kappa shape index (κ3) is 5.47. The fourth-order valence-electron chi connectivity index (χ4n) is 4.50. The maximum Gasteiger partial charge on any atom is 0.256 e. The van der Waals surface area contributed by atoms with Gasteiger partial charge >= 0.3 is 0 Å². The van der Waals surface area contributed by atoms with Crippen molar-refractivity contribution in [2.45, 2.75) is 24.3 Å². The first kappa shape index (κ1) is 23.1. The number of amides is 3. The minimum atomic E-state index is -0.333. The van der Waals surface area contributed by atoms with Gasteiger partial charge in [-0.15, -0.1) is 11.8 Å². The topological polar surface area (TPSA) is 95.8 Å². The number of likely N-dealkylation sites (tertiary alicyclic amines) is 2. The largest absolute Gasteiger partial charge is 0.465 e. The molecule has 3 amide bonds. The zero-order valence-electron chi connectivity index (χ0n) is 18.7. The molecule has 0 atom stereocenters. The van der Waals surface area contributed by atoms with Gasteiger partial charge in [-0.25, -0.2) is 4.98 Å². The molecule has 2 aromatic rings. The molecule has 2 aliphatic rings. The summed E-state index contributed by atoms with van der Waals surface area (Å²) in [6, 6.07) is 7.12. The second-order valence-corrected chi connectivity index (χ2v) is 9.28. The zero-order chi connectivity index (χ0) is 23.3. The van der Waals surface area contributed by atoms with Crippen LogP contribution in [0.4, 0.5) is 0 Å². The predicted molar refractivity (Wildman–Crippen MR) is 126 cm³/mol. The van der Waals surface area contributed by atoms with E-state index in [2.05, 4.69) is 10.3 Å². The molecule has 0 bridgehead atoms. The number of nitrogens with zero attached hydrogens (tertiary/aromatic N) is 3. The molecule has 9 heteroatoms. The van der Waals surface area contributed by atoms with Crippen molar-refractivity contribution in [1.82, 2.24) is 20.1 Å². The summed E-state index contributed by atoms with van der Waals surface area (Å²) < 4.78 is 5.14. The Kier molecular flexibility index (Phi) is 7.17. The summed E-state index contributed by atoms with van der Waals surface area (Å²) in [4.78, 5) is 45.6. The molecule has 174 valence electrons. The van der Waals surface area contributed by atoms with Gasteiger partial charge in [-0.1, -0.05) is 0 Å². The van der Waals surface area contributed by atoms with Gasteiger partial charge < -0.3 is 19.5 Å². The average Bonchev–Trinajstić information content (AvgIpc) is 3.52. The normalized spacial score (nSPS) is 17.6. The number of furan rings is 1. The predicted octanol–water partition coefficient (Wildman–Crippen LogP) is 2.68. The number of carbonyl (C=O) groups is 3. The van der Waals surface area contributed by atoms with Crippen molar-refractivity contribution in [3.63, 3.8) is 0 Å². The Hall–Kier alpha value is -3.07. The molecule has 33 heavy (non-hydrogen) atoms. The molecule has 2 aromatic heterocycles. The number of aromatic nitrogens is 1. The molecule has 4 heterocycles. The summed E-state index contributed by atoms with van der Waals surface area (Å²) in [6.45, 7) is 2.69. The van der Waals surface area contributed by atoms with E-state index < -0.39 is 0 Å².